The molecule has 3 nitrogen and oxygen atoms in total. The number of aromatic nitrogens is 2. The average molecular weight is 640 g/mol. The molecule has 0 bridgehead atoms. The van der Waals surface area contributed by atoms with Gasteiger partial charge in [0, 0.05) is 28.9 Å². The maximum absolute atomic E-state index is 5.21. The van der Waals surface area contributed by atoms with Crippen LogP contribution < -0.4 is 5.32 Å². The highest BCUT2D eigenvalue weighted by molar-refractivity contribution is 6.00. The van der Waals surface area contributed by atoms with Gasteiger partial charge in [0.15, 0.2) is 5.82 Å². The summed E-state index contributed by atoms with van der Waals surface area (Å²) in [5.41, 5.74) is 11.7. The van der Waals surface area contributed by atoms with Crippen LogP contribution in [0.1, 0.15) is 5.56 Å². The van der Waals surface area contributed by atoms with Gasteiger partial charge in [-0.25, -0.2) is 9.97 Å². The van der Waals surface area contributed by atoms with E-state index in [0.717, 1.165) is 68.1 Å². The molecule has 3 heteroatoms. The van der Waals surface area contributed by atoms with E-state index in [-0.39, 0.29) is 0 Å². The van der Waals surface area contributed by atoms with E-state index in [0.29, 0.717) is 5.82 Å². The highest BCUT2D eigenvalue weighted by atomic mass is 14.9. The van der Waals surface area contributed by atoms with Gasteiger partial charge in [0.05, 0.1) is 11.4 Å². The third-order valence-corrected chi connectivity index (χ3v) is 9.41. The maximum atomic E-state index is 5.21. The number of fused-ring (bicyclic) bond motifs is 2. The van der Waals surface area contributed by atoms with Crippen molar-refractivity contribution in [3.63, 3.8) is 0 Å². The van der Waals surface area contributed by atoms with Crippen molar-refractivity contribution in [2.75, 3.05) is 6.54 Å². The first-order chi connectivity index (χ1) is 24.7. The minimum Gasteiger partial charge on any atom is -0.381 e. The van der Waals surface area contributed by atoms with Crippen LogP contribution in [0.5, 0.6) is 0 Å². The summed E-state index contributed by atoms with van der Waals surface area (Å²) in [7, 11) is 0. The lowest BCUT2D eigenvalue weighted by Gasteiger charge is -2.15. The first kappa shape index (κ1) is 29.6. The van der Waals surface area contributed by atoms with E-state index in [4.69, 9.17) is 9.97 Å². The third-order valence-electron chi connectivity index (χ3n) is 9.41. The van der Waals surface area contributed by atoms with Crippen molar-refractivity contribution < 1.29 is 0 Å². The molecule has 1 aromatic heterocycles. The van der Waals surface area contributed by atoms with Crippen LogP contribution in [0.3, 0.4) is 0 Å². The van der Waals surface area contributed by atoms with E-state index in [1.54, 1.807) is 0 Å². The Hall–Kier alpha value is -6.58. The topological polar surface area (TPSA) is 37.8 Å². The molecule has 7 aromatic carbocycles. The summed E-state index contributed by atoms with van der Waals surface area (Å²) >= 11 is 0. The van der Waals surface area contributed by atoms with E-state index in [1.807, 2.05) is 12.1 Å². The summed E-state index contributed by atoms with van der Waals surface area (Å²) in [5.74, 6) is 0.693. The number of rotatable bonds is 6. The monoisotopic (exact) mass is 639 g/mol. The lowest BCUT2D eigenvalue weighted by atomic mass is 9.93. The molecule has 2 heterocycles. The number of benzene rings is 7. The Morgan fingerprint density at radius 3 is 1.58 bits per heavy atom. The summed E-state index contributed by atoms with van der Waals surface area (Å²) in [6.45, 7) is 0.825. The number of hydrogen-bond donors (Lipinski definition) is 1. The zero-order valence-corrected chi connectivity index (χ0v) is 27.4. The second-order valence-corrected chi connectivity index (χ2v) is 12.7. The fourth-order valence-corrected chi connectivity index (χ4v) is 6.82. The molecule has 1 aliphatic rings. The highest BCUT2D eigenvalue weighted by Gasteiger charge is 2.15. The van der Waals surface area contributed by atoms with E-state index in [2.05, 4.69) is 175 Å². The van der Waals surface area contributed by atoms with Crippen LogP contribution in [0.2, 0.25) is 0 Å². The standard InChI is InChI=1S/C47H33N3/c1-3-12-32(13-4-1)45-31-46(33-14-5-2-6-15-33)50-47(49-45)43-29-41(36-18-11-19-39(25-36)44-20-9-10-23-48-44)28-42(30-43)38-22-21-37-24-34-16-7-8-17-35(34)26-40(37)27-38/h1-22,24-31,48H,23H2. The molecule has 0 saturated carbocycles. The molecule has 0 unspecified atom stereocenters. The van der Waals surface area contributed by atoms with Gasteiger partial charge in [0.1, 0.15) is 0 Å². The molecule has 0 fully saturated rings. The highest BCUT2D eigenvalue weighted by Crippen LogP contribution is 2.36. The van der Waals surface area contributed by atoms with Crippen LogP contribution >= 0.6 is 0 Å². The van der Waals surface area contributed by atoms with Gasteiger partial charge in [0.2, 0.25) is 0 Å². The smallest absolute Gasteiger partial charge is 0.160 e. The molecular formula is C47H33N3. The van der Waals surface area contributed by atoms with E-state index in [9.17, 15) is 0 Å². The Morgan fingerprint density at radius 2 is 0.920 bits per heavy atom. The summed E-state index contributed by atoms with van der Waals surface area (Å²) in [6.07, 6.45) is 6.38. The zero-order valence-electron chi connectivity index (χ0n) is 27.4. The van der Waals surface area contributed by atoms with Crippen molar-refractivity contribution in [1.82, 2.24) is 15.3 Å². The number of hydrogen-bond acceptors (Lipinski definition) is 3. The Bertz CT molecular complexity index is 2530. The van der Waals surface area contributed by atoms with Gasteiger partial charge < -0.3 is 5.32 Å². The van der Waals surface area contributed by atoms with Crippen molar-refractivity contribution in [3.05, 3.63) is 188 Å². The van der Waals surface area contributed by atoms with Gasteiger partial charge in [-0.1, -0.05) is 127 Å². The van der Waals surface area contributed by atoms with Crippen LogP contribution in [-0.2, 0) is 0 Å². The molecule has 1 aliphatic heterocycles. The van der Waals surface area contributed by atoms with Gasteiger partial charge in [-0.15, -0.1) is 0 Å². The summed E-state index contributed by atoms with van der Waals surface area (Å²) < 4.78 is 0. The van der Waals surface area contributed by atoms with E-state index < -0.39 is 0 Å². The van der Waals surface area contributed by atoms with E-state index >= 15 is 0 Å². The first-order valence-corrected chi connectivity index (χ1v) is 17.0. The Balaban J connectivity index is 1.25. The fourth-order valence-electron chi connectivity index (χ4n) is 6.82. The van der Waals surface area contributed by atoms with Crippen molar-refractivity contribution in [2.24, 2.45) is 0 Å². The lowest BCUT2D eigenvalue weighted by molar-refractivity contribution is 0.996. The molecule has 8 aromatic rings. The number of nitrogens with one attached hydrogen (secondary N) is 1. The second-order valence-electron chi connectivity index (χ2n) is 12.7. The summed E-state index contributed by atoms with van der Waals surface area (Å²) in [6, 6.07) is 58.3. The fraction of sp³-hybridized carbons (Fsp3) is 0.0213. The molecule has 0 atom stereocenters. The van der Waals surface area contributed by atoms with E-state index in [1.165, 1.54) is 21.5 Å². The van der Waals surface area contributed by atoms with Crippen molar-refractivity contribution in [3.8, 4) is 56.2 Å². The number of dihydropyridines is 1. The van der Waals surface area contributed by atoms with Gasteiger partial charge in [0.25, 0.3) is 0 Å². The quantitative estimate of drug-likeness (QED) is 0.184. The third kappa shape index (κ3) is 5.86. The van der Waals surface area contributed by atoms with Gasteiger partial charge in [-0.05, 0) is 104 Å². The Kier molecular flexibility index (Phi) is 7.56. The molecule has 0 saturated heterocycles. The molecule has 0 amide bonds. The predicted octanol–water partition coefficient (Wildman–Crippen LogP) is 11.6. The molecule has 0 spiro atoms. The SMILES string of the molecule is C1=CCNC(c2cccc(-c3cc(-c4ccc5cc6ccccc6cc5c4)cc(-c4nc(-c5ccccc5)cc(-c5ccccc5)n4)c3)c2)=C1. The Labute approximate surface area is 292 Å². The molecule has 50 heavy (non-hydrogen) atoms. The average Bonchev–Trinajstić information content (AvgIpc) is 3.20. The van der Waals surface area contributed by atoms with Gasteiger partial charge in [-0.2, -0.15) is 0 Å². The molecule has 9 rings (SSSR count). The second kappa shape index (κ2) is 12.8. The molecular weight excluding hydrogens is 607 g/mol. The molecule has 236 valence electrons. The zero-order chi connectivity index (χ0) is 33.3. The Morgan fingerprint density at radius 1 is 0.380 bits per heavy atom. The molecule has 0 radical (unpaired) electrons. The van der Waals surface area contributed by atoms with Gasteiger partial charge in [-0.3, -0.25) is 0 Å². The summed E-state index contributed by atoms with van der Waals surface area (Å²) in [5, 5.41) is 8.45. The van der Waals surface area contributed by atoms with Crippen LogP contribution in [0.15, 0.2) is 182 Å². The van der Waals surface area contributed by atoms with Crippen LogP contribution in [0.4, 0.5) is 0 Å². The number of nitrogens with zero attached hydrogens (tertiary/aromatic N) is 2. The van der Waals surface area contributed by atoms with Crippen LogP contribution in [0.25, 0.3) is 83.4 Å². The first-order valence-electron chi connectivity index (χ1n) is 17.0. The summed E-state index contributed by atoms with van der Waals surface area (Å²) in [4.78, 5) is 10.4. The molecule has 1 N–H and O–H groups in total. The lowest BCUT2D eigenvalue weighted by Crippen LogP contribution is -2.14. The molecule has 0 aliphatic carbocycles. The normalized spacial score (nSPS) is 12.5. The van der Waals surface area contributed by atoms with Crippen LogP contribution in [0, 0.1) is 0 Å². The van der Waals surface area contributed by atoms with Crippen molar-refractivity contribution in [2.45, 2.75) is 0 Å². The maximum Gasteiger partial charge on any atom is 0.160 e. The van der Waals surface area contributed by atoms with Crippen molar-refractivity contribution in [1.29, 1.82) is 0 Å². The minimum absolute atomic E-state index is 0.693. The van der Waals surface area contributed by atoms with Crippen molar-refractivity contribution >= 4 is 27.2 Å². The predicted molar refractivity (Wildman–Crippen MR) is 209 cm³/mol. The van der Waals surface area contributed by atoms with Crippen LogP contribution in [-0.4, -0.2) is 16.5 Å². The minimum atomic E-state index is 0.693. The number of allylic oxidation sites excluding steroid dienone is 2. The van der Waals surface area contributed by atoms with Gasteiger partial charge >= 0.3 is 0 Å². The largest absolute Gasteiger partial charge is 0.381 e.